The highest BCUT2D eigenvalue weighted by atomic mass is 32.1. The van der Waals surface area contributed by atoms with Crippen LogP contribution in [0.2, 0.25) is 0 Å². The fraction of sp³-hybridized carbons (Fsp3) is 0.500. The lowest BCUT2D eigenvalue weighted by Crippen LogP contribution is -2.56. The third kappa shape index (κ3) is 6.47. The number of thiophene rings is 2. The second-order valence-electron chi connectivity index (χ2n) is 8.84. The molecular weight excluding hydrogens is 490 g/mol. The molecule has 3 heterocycles. The van der Waals surface area contributed by atoms with Gasteiger partial charge in [0.2, 0.25) is 0 Å². The number of amides is 2. The van der Waals surface area contributed by atoms with E-state index in [-0.39, 0.29) is 24.9 Å². The molecule has 2 N–H and O–H groups in total. The first kappa shape index (κ1) is 26.8. The lowest BCUT2D eigenvalue weighted by molar-refractivity contribution is -0.912. The fourth-order valence-corrected chi connectivity index (χ4v) is 6.23. The fourth-order valence-electron chi connectivity index (χ4n) is 4.38. The average Bonchev–Trinajstić information content (AvgIpc) is 3.27. The predicted octanol–water partition coefficient (Wildman–Crippen LogP) is 3.97. The zero-order chi connectivity index (χ0) is 25.6. The van der Waals surface area contributed by atoms with Crippen molar-refractivity contribution in [1.29, 1.82) is 0 Å². The van der Waals surface area contributed by atoms with Crippen molar-refractivity contribution in [1.82, 2.24) is 0 Å². The van der Waals surface area contributed by atoms with E-state index < -0.39 is 11.9 Å². The van der Waals surface area contributed by atoms with Gasteiger partial charge in [-0.05, 0) is 61.4 Å². The molecule has 0 aromatic carbocycles. The summed E-state index contributed by atoms with van der Waals surface area (Å²) in [5.41, 5.74) is 2.49. The van der Waals surface area contributed by atoms with Crippen molar-refractivity contribution in [3.63, 3.8) is 0 Å². The molecule has 9 nitrogen and oxygen atoms in total. The quantitative estimate of drug-likeness (QED) is 0.401. The van der Waals surface area contributed by atoms with Crippen LogP contribution in [0.25, 0.3) is 0 Å². The summed E-state index contributed by atoms with van der Waals surface area (Å²) in [4.78, 5) is 51.3. The van der Waals surface area contributed by atoms with Gasteiger partial charge in [-0.1, -0.05) is 0 Å². The van der Waals surface area contributed by atoms with Gasteiger partial charge in [-0.15, -0.1) is 22.7 Å². The maximum absolute atomic E-state index is 13.2. The molecule has 2 aromatic rings. The number of carbonyl (C=O) groups is 4. The highest BCUT2D eigenvalue weighted by Crippen LogP contribution is 2.30. The first-order valence-electron chi connectivity index (χ1n) is 11.5. The van der Waals surface area contributed by atoms with Gasteiger partial charge in [-0.2, -0.15) is 0 Å². The van der Waals surface area contributed by atoms with Crippen LogP contribution in [0.1, 0.15) is 56.2 Å². The Morgan fingerprint density at radius 3 is 1.54 bits per heavy atom. The number of hydrogen-bond donors (Lipinski definition) is 2. The van der Waals surface area contributed by atoms with E-state index in [1.165, 1.54) is 36.9 Å². The molecule has 1 fully saturated rings. The number of nitrogens with zero attached hydrogens (tertiary/aromatic N) is 1. The number of likely N-dealkylation sites (tertiary alicyclic amines) is 1. The number of methoxy groups -OCH3 is 2. The molecule has 2 aromatic heterocycles. The van der Waals surface area contributed by atoms with Crippen LogP contribution in [0.4, 0.5) is 11.4 Å². The number of anilines is 2. The topological polar surface area (TPSA) is 111 Å². The number of carbonyl (C=O) groups excluding carboxylic acids is 4. The second kappa shape index (κ2) is 11.8. The first-order chi connectivity index (χ1) is 16.7. The van der Waals surface area contributed by atoms with Crippen molar-refractivity contribution >= 4 is 57.8 Å². The summed E-state index contributed by atoms with van der Waals surface area (Å²) in [6, 6.07) is 0. The van der Waals surface area contributed by atoms with Crippen molar-refractivity contribution in [3.8, 4) is 0 Å². The van der Waals surface area contributed by atoms with Crippen LogP contribution in [0, 0.1) is 13.8 Å². The summed E-state index contributed by atoms with van der Waals surface area (Å²) < 4.78 is 9.98. The van der Waals surface area contributed by atoms with Crippen LogP contribution >= 0.6 is 22.7 Å². The van der Waals surface area contributed by atoms with E-state index in [2.05, 4.69) is 10.6 Å². The normalized spacial score (nSPS) is 15.1. The van der Waals surface area contributed by atoms with Crippen molar-refractivity contribution in [3.05, 3.63) is 31.6 Å². The summed E-state index contributed by atoms with van der Waals surface area (Å²) in [6.07, 6.45) is 3.93. The van der Waals surface area contributed by atoms with Gasteiger partial charge in [-0.25, -0.2) is 9.59 Å². The van der Waals surface area contributed by atoms with Crippen LogP contribution < -0.4 is 10.6 Å². The van der Waals surface area contributed by atoms with E-state index >= 15 is 0 Å². The molecule has 35 heavy (non-hydrogen) atoms. The lowest BCUT2D eigenvalue weighted by Gasteiger charge is -2.36. The first-order valence-corrected chi connectivity index (χ1v) is 13.2. The molecule has 0 saturated carbocycles. The van der Waals surface area contributed by atoms with Crippen molar-refractivity contribution in [2.75, 3.05) is 51.0 Å². The molecule has 0 atom stereocenters. The molecule has 190 valence electrons. The smallest absolute Gasteiger partial charge is 0.350 e. The Kier molecular flexibility index (Phi) is 9.03. The number of rotatable bonds is 8. The Morgan fingerprint density at radius 2 is 1.17 bits per heavy atom. The molecule has 1 aliphatic heterocycles. The summed E-state index contributed by atoms with van der Waals surface area (Å²) >= 11 is 2.45. The van der Waals surface area contributed by atoms with Gasteiger partial charge in [0.25, 0.3) is 11.8 Å². The second-order valence-corrected chi connectivity index (χ2v) is 10.6. The largest absolute Gasteiger partial charge is 0.465 e. The molecule has 1 saturated heterocycles. The maximum atomic E-state index is 13.2. The Balaban J connectivity index is 1.78. The summed E-state index contributed by atoms with van der Waals surface area (Å²) in [5, 5.41) is 9.38. The van der Waals surface area contributed by atoms with Gasteiger partial charge < -0.3 is 24.6 Å². The summed E-state index contributed by atoms with van der Waals surface area (Å²) in [6.45, 7) is 5.25. The number of hydrogen-bond acceptors (Lipinski definition) is 8. The van der Waals surface area contributed by atoms with Crippen LogP contribution in [0.5, 0.6) is 0 Å². The summed E-state index contributed by atoms with van der Waals surface area (Å²) in [5.74, 6) is -1.50. The zero-order valence-corrected chi connectivity index (χ0v) is 22.2. The minimum absolute atomic E-state index is 0.107. The van der Waals surface area contributed by atoms with Crippen LogP contribution in [-0.2, 0) is 19.1 Å². The predicted molar refractivity (Wildman–Crippen MR) is 136 cm³/mol. The lowest BCUT2D eigenvalue weighted by atomic mass is 10.2. The van der Waals surface area contributed by atoms with Gasteiger partial charge >= 0.3 is 11.9 Å². The van der Waals surface area contributed by atoms with Crippen LogP contribution in [0.3, 0.4) is 0 Å². The van der Waals surface area contributed by atoms with Crippen molar-refractivity contribution < 1.29 is 33.1 Å². The van der Waals surface area contributed by atoms with Gasteiger partial charge in [0.15, 0.2) is 13.1 Å². The Hall–Kier alpha value is -2.76. The Bertz CT molecular complexity index is 1020. The molecular formula is C24H32N3O6S2+. The Morgan fingerprint density at radius 1 is 0.771 bits per heavy atom. The maximum Gasteiger partial charge on any atom is 0.350 e. The van der Waals surface area contributed by atoms with E-state index in [0.717, 1.165) is 36.8 Å². The number of ether oxygens (including phenoxy) is 2. The number of quaternary nitrogens is 1. The molecule has 0 aliphatic carbocycles. The van der Waals surface area contributed by atoms with Crippen molar-refractivity contribution in [2.45, 2.75) is 39.5 Å². The van der Waals surface area contributed by atoms with Crippen molar-refractivity contribution in [2.24, 2.45) is 0 Å². The van der Waals surface area contributed by atoms with Gasteiger partial charge in [0, 0.05) is 0 Å². The van der Waals surface area contributed by atoms with Crippen LogP contribution in [0.15, 0.2) is 10.8 Å². The molecule has 0 spiro atoms. The van der Waals surface area contributed by atoms with E-state index in [1.807, 2.05) is 13.8 Å². The minimum atomic E-state index is -0.496. The van der Waals surface area contributed by atoms with Gasteiger partial charge in [-0.3, -0.25) is 9.59 Å². The highest BCUT2D eigenvalue weighted by molar-refractivity contribution is 7.13. The minimum Gasteiger partial charge on any atom is -0.465 e. The number of esters is 2. The zero-order valence-electron chi connectivity index (χ0n) is 20.5. The highest BCUT2D eigenvalue weighted by Gasteiger charge is 2.35. The third-order valence-electron chi connectivity index (χ3n) is 6.19. The van der Waals surface area contributed by atoms with Gasteiger partial charge in [0.05, 0.1) is 38.7 Å². The monoisotopic (exact) mass is 522 g/mol. The van der Waals surface area contributed by atoms with E-state index in [0.29, 0.717) is 38.7 Å². The van der Waals surface area contributed by atoms with E-state index in [4.69, 9.17) is 9.47 Å². The molecule has 2 amide bonds. The van der Waals surface area contributed by atoms with Gasteiger partial charge in [0.1, 0.15) is 9.75 Å². The van der Waals surface area contributed by atoms with E-state index in [1.54, 1.807) is 10.8 Å². The summed E-state index contributed by atoms with van der Waals surface area (Å²) in [7, 11) is 2.61. The molecule has 0 bridgehead atoms. The SMILES string of the molecule is COC(=O)c1scc(C)c1NC(=O)C[N+]1(CC(=O)Nc2c(C)csc2C(=O)OC)CCCCCC1. The number of nitrogens with one attached hydrogen (secondary N) is 2. The van der Waals surface area contributed by atoms with Crippen LogP contribution in [-0.4, -0.2) is 68.6 Å². The molecule has 1 aliphatic rings. The standard InChI is InChI=1S/C24H31N3O6S2/c1-15-13-34-21(23(30)32-3)19(15)25-17(28)11-27(9-7-5-6-8-10-27)12-18(29)26-20-16(2)14-35-22(20)24(31)33-4/h13-14H,5-12H2,1-4H3,(H-,25,26,28,29,30,31)/p+1. The molecule has 11 heteroatoms. The Labute approximate surface area is 213 Å². The molecule has 3 rings (SSSR count). The van der Waals surface area contributed by atoms with E-state index in [9.17, 15) is 19.2 Å². The number of aryl methyl sites for hydroxylation is 2. The molecule has 0 unspecified atom stereocenters. The third-order valence-corrected chi connectivity index (χ3v) is 8.35. The molecule has 0 radical (unpaired) electrons. The average molecular weight is 523 g/mol.